The van der Waals surface area contributed by atoms with Crippen molar-refractivity contribution in [2.24, 2.45) is 0 Å². The lowest BCUT2D eigenvalue weighted by molar-refractivity contribution is -0.137. The van der Waals surface area contributed by atoms with Gasteiger partial charge >= 0.3 is 6.18 Å². The second kappa shape index (κ2) is 7.27. The second-order valence-corrected chi connectivity index (χ2v) is 7.58. The summed E-state index contributed by atoms with van der Waals surface area (Å²) in [6, 6.07) is 21.6. The lowest BCUT2D eigenvalue weighted by atomic mass is 9.98. The Kier molecular flexibility index (Phi) is 4.54. The molecule has 1 aromatic heterocycles. The van der Waals surface area contributed by atoms with Crippen LogP contribution < -0.4 is 4.90 Å². The molecule has 31 heavy (non-hydrogen) atoms. The molecule has 4 aromatic rings. The summed E-state index contributed by atoms with van der Waals surface area (Å²) in [5, 5.41) is 0. The van der Waals surface area contributed by atoms with E-state index in [9.17, 15) is 18.0 Å². The summed E-state index contributed by atoms with van der Waals surface area (Å²) < 4.78 is 41.8. The Hall–Kier alpha value is -3.61. The molecule has 5 rings (SSSR count). The van der Waals surface area contributed by atoms with Crippen molar-refractivity contribution in [1.82, 2.24) is 9.55 Å². The van der Waals surface area contributed by atoms with Crippen LogP contribution in [0.5, 0.6) is 0 Å². The lowest BCUT2D eigenvalue weighted by Gasteiger charge is -2.33. The number of benzene rings is 3. The van der Waals surface area contributed by atoms with Crippen molar-refractivity contribution in [3.63, 3.8) is 0 Å². The number of para-hydroxylation sites is 2. The highest BCUT2D eigenvalue weighted by Crippen LogP contribution is 2.39. The van der Waals surface area contributed by atoms with Gasteiger partial charge in [0.15, 0.2) is 0 Å². The summed E-state index contributed by atoms with van der Waals surface area (Å²) in [7, 11) is 0. The van der Waals surface area contributed by atoms with Gasteiger partial charge in [-0.1, -0.05) is 54.6 Å². The van der Waals surface area contributed by atoms with Gasteiger partial charge < -0.3 is 4.57 Å². The number of hydrogen-bond acceptors (Lipinski definition) is 2. The van der Waals surface area contributed by atoms with Crippen LogP contribution in [0, 0.1) is 0 Å². The van der Waals surface area contributed by atoms with E-state index in [0.717, 1.165) is 23.2 Å². The number of rotatable bonds is 3. The minimum absolute atomic E-state index is 0.0570. The molecule has 0 aliphatic carbocycles. The smallest absolute Gasteiger partial charge is 0.302 e. The van der Waals surface area contributed by atoms with Gasteiger partial charge in [0.1, 0.15) is 0 Å². The molecule has 1 amide bonds. The molecule has 1 aliphatic heterocycles. The number of carbonyl (C=O) groups is 1. The Balaban J connectivity index is 1.65. The number of carbonyl (C=O) groups excluding carboxylic acids is 1. The molecule has 0 unspecified atom stereocenters. The van der Waals surface area contributed by atoms with Crippen LogP contribution in [0.3, 0.4) is 0 Å². The largest absolute Gasteiger partial charge is 0.416 e. The van der Waals surface area contributed by atoms with Crippen molar-refractivity contribution in [1.29, 1.82) is 0 Å². The highest BCUT2D eigenvalue weighted by Gasteiger charge is 2.36. The van der Waals surface area contributed by atoms with Gasteiger partial charge in [-0.2, -0.15) is 13.2 Å². The number of halogens is 3. The molecule has 7 heteroatoms. The first-order valence-corrected chi connectivity index (χ1v) is 9.90. The maximum absolute atomic E-state index is 13.3. The summed E-state index contributed by atoms with van der Waals surface area (Å²) in [6.45, 7) is 0.346. The SMILES string of the molecule is O=C1C[C@H](c2cccc(C(F)(F)F)c2)n2c(nc3ccccc32)N1Cc1ccccc1. The van der Waals surface area contributed by atoms with Gasteiger partial charge in [-0.25, -0.2) is 4.98 Å². The zero-order valence-electron chi connectivity index (χ0n) is 16.4. The van der Waals surface area contributed by atoms with Gasteiger partial charge in [0.2, 0.25) is 11.9 Å². The van der Waals surface area contributed by atoms with Crippen molar-refractivity contribution in [2.75, 3.05) is 4.90 Å². The van der Waals surface area contributed by atoms with Gasteiger partial charge in [-0.3, -0.25) is 9.69 Å². The minimum Gasteiger partial charge on any atom is -0.302 e. The summed E-state index contributed by atoms with van der Waals surface area (Å²) in [6.07, 6.45) is -4.39. The van der Waals surface area contributed by atoms with Crippen LogP contribution in [0.25, 0.3) is 11.0 Å². The summed E-state index contributed by atoms with van der Waals surface area (Å²) in [4.78, 5) is 19.4. The number of nitrogens with zero attached hydrogens (tertiary/aromatic N) is 3. The predicted octanol–water partition coefficient (Wildman–Crippen LogP) is 5.58. The van der Waals surface area contributed by atoms with E-state index in [1.807, 2.05) is 59.2 Å². The van der Waals surface area contributed by atoms with Gasteiger partial charge in [0.05, 0.1) is 35.6 Å². The quantitative estimate of drug-likeness (QED) is 0.433. The fourth-order valence-electron chi connectivity index (χ4n) is 4.12. The van der Waals surface area contributed by atoms with E-state index in [4.69, 9.17) is 0 Å². The first kappa shape index (κ1) is 19.4. The van der Waals surface area contributed by atoms with E-state index < -0.39 is 17.8 Å². The molecule has 0 saturated heterocycles. The third kappa shape index (κ3) is 3.46. The van der Waals surface area contributed by atoms with E-state index >= 15 is 0 Å². The van der Waals surface area contributed by atoms with Gasteiger partial charge in [0.25, 0.3) is 0 Å². The lowest BCUT2D eigenvalue weighted by Crippen LogP contribution is -2.39. The monoisotopic (exact) mass is 421 g/mol. The van der Waals surface area contributed by atoms with Crippen LogP contribution in [0.1, 0.15) is 29.2 Å². The zero-order valence-corrected chi connectivity index (χ0v) is 16.4. The number of fused-ring (bicyclic) bond motifs is 3. The van der Waals surface area contributed by atoms with Crippen LogP contribution in [0.2, 0.25) is 0 Å². The number of hydrogen-bond donors (Lipinski definition) is 0. The molecule has 0 fully saturated rings. The maximum Gasteiger partial charge on any atom is 0.416 e. The Morgan fingerprint density at radius 3 is 2.45 bits per heavy atom. The molecule has 0 N–H and O–H groups in total. The normalized spacial score (nSPS) is 16.5. The molecule has 0 spiro atoms. The van der Waals surface area contributed by atoms with Gasteiger partial charge in [-0.05, 0) is 35.4 Å². The van der Waals surface area contributed by atoms with Crippen LogP contribution >= 0.6 is 0 Å². The zero-order chi connectivity index (χ0) is 21.6. The van der Waals surface area contributed by atoms with Crippen LogP contribution in [-0.4, -0.2) is 15.5 Å². The topological polar surface area (TPSA) is 38.1 Å². The predicted molar refractivity (Wildman–Crippen MR) is 112 cm³/mol. The Morgan fingerprint density at radius 1 is 0.935 bits per heavy atom. The molecule has 3 aromatic carbocycles. The minimum atomic E-state index is -4.45. The van der Waals surface area contributed by atoms with Crippen molar-refractivity contribution < 1.29 is 18.0 Å². The molecular formula is C24H18F3N3O. The van der Waals surface area contributed by atoms with Gasteiger partial charge in [0, 0.05) is 0 Å². The average Bonchev–Trinajstić information content (AvgIpc) is 3.15. The third-order valence-corrected chi connectivity index (χ3v) is 5.58. The summed E-state index contributed by atoms with van der Waals surface area (Å²) >= 11 is 0. The average molecular weight is 421 g/mol. The number of alkyl halides is 3. The molecule has 156 valence electrons. The van der Waals surface area contributed by atoms with E-state index in [1.165, 1.54) is 6.07 Å². The Bertz CT molecular complexity index is 1260. The molecule has 0 saturated carbocycles. The maximum atomic E-state index is 13.3. The van der Waals surface area contributed by atoms with E-state index in [1.54, 1.807) is 11.0 Å². The van der Waals surface area contributed by atoms with Crippen LogP contribution in [0.15, 0.2) is 78.9 Å². The highest BCUT2D eigenvalue weighted by molar-refractivity contribution is 5.96. The molecular weight excluding hydrogens is 403 g/mol. The molecule has 1 atom stereocenters. The molecule has 4 nitrogen and oxygen atoms in total. The summed E-state index contributed by atoms with van der Waals surface area (Å²) in [5.74, 6) is 0.276. The second-order valence-electron chi connectivity index (χ2n) is 7.58. The third-order valence-electron chi connectivity index (χ3n) is 5.58. The fourth-order valence-corrected chi connectivity index (χ4v) is 4.12. The van der Waals surface area contributed by atoms with E-state index in [2.05, 4.69) is 4.98 Å². The molecule has 1 aliphatic rings. The van der Waals surface area contributed by atoms with E-state index in [0.29, 0.717) is 23.6 Å². The Morgan fingerprint density at radius 2 is 1.68 bits per heavy atom. The fraction of sp³-hybridized carbons (Fsp3) is 0.167. The van der Waals surface area contributed by atoms with Crippen molar-refractivity contribution in [3.8, 4) is 0 Å². The van der Waals surface area contributed by atoms with Crippen molar-refractivity contribution >= 4 is 22.9 Å². The standard InChI is InChI=1S/C24H18F3N3O/c25-24(26,27)18-10-6-9-17(13-18)21-14-22(31)29(15-16-7-2-1-3-8-16)23-28-19-11-4-5-12-20(19)30(21)23/h1-13,21H,14-15H2/t21-/m1/s1. The van der Waals surface area contributed by atoms with Gasteiger partial charge in [-0.15, -0.1) is 0 Å². The van der Waals surface area contributed by atoms with Crippen molar-refractivity contribution in [3.05, 3.63) is 95.6 Å². The first-order valence-electron chi connectivity index (χ1n) is 9.90. The number of anilines is 1. The van der Waals surface area contributed by atoms with Crippen LogP contribution in [0.4, 0.5) is 19.1 Å². The first-order chi connectivity index (χ1) is 14.9. The van der Waals surface area contributed by atoms with Crippen LogP contribution in [-0.2, 0) is 17.5 Å². The molecule has 0 radical (unpaired) electrons. The van der Waals surface area contributed by atoms with E-state index in [-0.39, 0.29) is 12.3 Å². The number of imidazole rings is 1. The Labute approximate surface area is 176 Å². The highest BCUT2D eigenvalue weighted by atomic mass is 19.4. The van der Waals surface area contributed by atoms with Crippen molar-refractivity contribution in [2.45, 2.75) is 25.2 Å². The summed E-state index contributed by atoms with van der Waals surface area (Å²) in [5.41, 5.74) is 2.14. The number of amides is 1. The molecule has 2 heterocycles. The molecule has 0 bridgehead atoms. The number of aromatic nitrogens is 2.